The van der Waals surface area contributed by atoms with Crippen molar-refractivity contribution < 1.29 is 0 Å². The molecule has 2 aromatic heterocycles. The standard InChI is InChI=1S/C13H20N4S/c1-10-12(8-17(4)15-10)7-16(3)6-5-13-11(2)14-9-18-13/h8-9H,5-7H2,1-4H3. The lowest BCUT2D eigenvalue weighted by atomic mass is 10.2. The van der Waals surface area contributed by atoms with Gasteiger partial charge < -0.3 is 4.90 Å². The molecule has 0 fully saturated rings. The van der Waals surface area contributed by atoms with Crippen molar-refractivity contribution in [2.75, 3.05) is 13.6 Å². The number of nitrogens with zero attached hydrogens (tertiary/aromatic N) is 4. The molecule has 0 unspecified atom stereocenters. The van der Waals surface area contributed by atoms with Gasteiger partial charge in [0.25, 0.3) is 0 Å². The van der Waals surface area contributed by atoms with Crippen LogP contribution in [0, 0.1) is 13.8 Å². The van der Waals surface area contributed by atoms with Crippen molar-refractivity contribution in [1.82, 2.24) is 19.7 Å². The van der Waals surface area contributed by atoms with E-state index in [9.17, 15) is 0 Å². The van der Waals surface area contributed by atoms with E-state index in [1.54, 1.807) is 11.3 Å². The first-order valence-electron chi connectivity index (χ1n) is 6.13. The van der Waals surface area contributed by atoms with Gasteiger partial charge in [-0.05, 0) is 27.3 Å². The van der Waals surface area contributed by atoms with E-state index in [-0.39, 0.29) is 0 Å². The smallest absolute Gasteiger partial charge is 0.0797 e. The number of aromatic nitrogens is 3. The molecule has 0 saturated heterocycles. The summed E-state index contributed by atoms with van der Waals surface area (Å²) in [5, 5.41) is 4.37. The second-order valence-corrected chi connectivity index (χ2v) is 5.70. The van der Waals surface area contributed by atoms with Crippen LogP contribution in [0.5, 0.6) is 0 Å². The van der Waals surface area contributed by atoms with Crippen LogP contribution in [0.2, 0.25) is 0 Å². The lowest BCUT2D eigenvalue weighted by Gasteiger charge is -2.15. The SMILES string of the molecule is Cc1nn(C)cc1CN(C)CCc1scnc1C. The molecule has 0 aromatic carbocycles. The predicted octanol–water partition coefficient (Wildman–Crippen LogP) is 2.17. The number of thiazole rings is 1. The molecule has 0 N–H and O–H groups in total. The van der Waals surface area contributed by atoms with Gasteiger partial charge in [-0.1, -0.05) is 0 Å². The third kappa shape index (κ3) is 3.17. The third-order valence-electron chi connectivity index (χ3n) is 3.12. The van der Waals surface area contributed by atoms with E-state index >= 15 is 0 Å². The maximum atomic E-state index is 4.37. The molecule has 0 spiro atoms. The first kappa shape index (κ1) is 13.2. The molecule has 0 aliphatic heterocycles. The largest absolute Gasteiger partial charge is 0.302 e. The van der Waals surface area contributed by atoms with Crippen molar-refractivity contribution in [2.45, 2.75) is 26.8 Å². The highest BCUT2D eigenvalue weighted by Crippen LogP contribution is 2.14. The Labute approximate surface area is 112 Å². The van der Waals surface area contributed by atoms with Gasteiger partial charge in [0.15, 0.2) is 0 Å². The van der Waals surface area contributed by atoms with Gasteiger partial charge in [0.05, 0.1) is 16.9 Å². The fraction of sp³-hybridized carbons (Fsp3) is 0.538. The number of aryl methyl sites for hydroxylation is 3. The Kier molecular flexibility index (Phi) is 4.14. The summed E-state index contributed by atoms with van der Waals surface area (Å²) in [6.07, 6.45) is 3.18. The molecule has 2 aromatic rings. The summed E-state index contributed by atoms with van der Waals surface area (Å²) in [6, 6.07) is 0. The molecule has 4 nitrogen and oxygen atoms in total. The molecule has 18 heavy (non-hydrogen) atoms. The minimum Gasteiger partial charge on any atom is -0.302 e. The minimum atomic E-state index is 0.956. The number of hydrogen-bond acceptors (Lipinski definition) is 4. The number of rotatable bonds is 5. The fourth-order valence-corrected chi connectivity index (χ4v) is 2.80. The van der Waals surface area contributed by atoms with Crippen molar-refractivity contribution >= 4 is 11.3 Å². The quantitative estimate of drug-likeness (QED) is 0.830. The Morgan fingerprint density at radius 2 is 2.11 bits per heavy atom. The maximum Gasteiger partial charge on any atom is 0.0797 e. The maximum absolute atomic E-state index is 4.37. The van der Waals surface area contributed by atoms with E-state index < -0.39 is 0 Å². The van der Waals surface area contributed by atoms with Gasteiger partial charge in [-0.15, -0.1) is 11.3 Å². The Balaban J connectivity index is 1.87. The van der Waals surface area contributed by atoms with Gasteiger partial charge in [-0.3, -0.25) is 4.68 Å². The van der Waals surface area contributed by atoms with Crippen molar-refractivity contribution in [2.24, 2.45) is 7.05 Å². The minimum absolute atomic E-state index is 0.956. The van der Waals surface area contributed by atoms with Crippen LogP contribution in [0.1, 0.15) is 21.8 Å². The average molecular weight is 264 g/mol. The van der Waals surface area contributed by atoms with E-state index in [1.807, 2.05) is 17.2 Å². The van der Waals surface area contributed by atoms with E-state index in [2.05, 4.69) is 42.1 Å². The van der Waals surface area contributed by atoms with Crippen molar-refractivity contribution in [3.8, 4) is 0 Å². The van der Waals surface area contributed by atoms with Crippen LogP contribution >= 0.6 is 11.3 Å². The Morgan fingerprint density at radius 1 is 1.33 bits per heavy atom. The normalized spacial score (nSPS) is 11.4. The molecule has 0 aliphatic carbocycles. The predicted molar refractivity (Wildman–Crippen MR) is 74.8 cm³/mol. The lowest BCUT2D eigenvalue weighted by molar-refractivity contribution is 0.331. The summed E-state index contributed by atoms with van der Waals surface area (Å²) in [5.74, 6) is 0. The van der Waals surface area contributed by atoms with Crippen LogP contribution in [-0.4, -0.2) is 33.3 Å². The van der Waals surface area contributed by atoms with E-state index in [1.165, 1.54) is 16.1 Å². The number of hydrogen-bond donors (Lipinski definition) is 0. The monoisotopic (exact) mass is 264 g/mol. The summed E-state index contributed by atoms with van der Waals surface area (Å²) in [5.41, 5.74) is 5.53. The topological polar surface area (TPSA) is 34.0 Å². The lowest BCUT2D eigenvalue weighted by Crippen LogP contribution is -2.20. The van der Waals surface area contributed by atoms with Crippen LogP contribution in [-0.2, 0) is 20.0 Å². The summed E-state index contributed by atoms with van der Waals surface area (Å²) in [4.78, 5) is 8.01. The van der Waals surface area contributed by atoms with Crippen LogP contribution < -0.4 is 0 Å². The highest BCUT2D eigenvalue weighted by molar-refractivity contribution is 7.09. The van der Waals surface area contributed by atoms with Gasteiger partial charge in [0, 0.05) is 36.8 Å². The Hall–Kier alpha value is -1.20. The van der Waals surface area contributed by atoms with Gasteiger partial charge in [-0.2, -0.15) is 5.10 Å². The Bertz CT molecular complexity index is 515. The molecule has 0 atom stereocenters. The second kappa shape index (κ2) is 5.63. The van der Waals surface area contributed by atoms with Gasteiger partial charge >= 0.3 is 0 Å². The first-order valence-corrected chi connectivity index (χ1v) is 7.01. The highest BCUT2D eigenvalue weighted by atomic mass is 32.1. The highest BCUT2D eigenvalue weighted by Gasteiger charge is 2.08. The molecule has 0 radical (unpaired) electrons. The van der Waals surface area contributed by atoms with Crippen LogP contribution in [0.15, 0.2) is 11.7 Å². The van der Waals surface area contributed by atoms with Gasteiger partial charge in [-0.25, -0.2) is 4.98 Å². The molecular weight excluding hydrogens is 244 g/mol. The molecule has 0 amide bonds. The summed E-state index contributed by atoms with van der Waals surface area (Å²) in [7, 11) is 4.12. The van der Waals surface area contributed by atoms with Crippen molar-refractivity contribution in [3.63, 3.8) is 0 Å². The van der Waals surface area contributed by atoms with Crippen molar-refractivity contribution in [1.29, 1.82) is 0 Å². The van der Waals surface area contributed by atoms with Gasteiger partial charge in [0.1, 0.15) is 0 Å². The van der Waals surface area contributed by atoms with Crippen LogP contribution in [0.4, 0.5) is 0 Å². The average Bonchev–Trinajstić information content (AvgIpc) is 2.83. The van der Waals surface area contributed by atoms with Crippen LogP contribution in [0.3, 0.4) is 0 Å². The zero-order chi connectivity index (χ0) is 13.1. The van der Waals surface area contributed by atoms with E-state index in [4.69, 9.17) is 0 Å². The molecule has 98 valence electrons. The molecule has 0 saturated carbocycles. The van der Waals surface area contributed by atoms with E-state index in [0.29, 0.717) is 0 Å². The molecule has 2 rings (SSSR count). The molecule has 5 heteroatoms. The van der Waals surface area contributed by atoms with E-state index in [0.717, 1.165) is 25.2 Å². The summed E-state index contributed by atoms with van der Waals surface area (Å²) in [6.45, 7) is 6.16. The summed E-state index contributed by atoms with van der Waals surface area (Å²) < 4.78 is 1.88. The zero-order valence-corrected chi connectivity index (χ0v) is 12.3. The third-order valence-corrected chi connectivity index (χ3v) is 4.12. The zero-order valence-electron chi connectivity index (χ0n) is 11.5. The molecular formula is C13H20N4S. The molecule has 0 bridgehead atoms. The summed E-state index contributed by atoms with van der Waals surface area (Å²) >= 11 is 1.75. The molecule has 0 aliphatic rings. The first-order chi connectivity index (χ1) is 8.56. The fourth-order valence-electron chi connectivity index (χ4n) is 2.03. The Morgan fingerprint density at radius 3 is 2.67 bits per heavy atom. The second-order valence-electron chi connectivity index (χ2n) is 4.76. The van der Waals surface area contributed by atoms with Gasteiger partial charge in [0.2, 0.25) is 0 Å². The van der Waals surface area contributed by atoms with Crippen molar-refractivity contribution in [3.05, 3.63) is 33.5 Å². The molecule has 2 heterocycles. The number of likely N-dealkylation sites (N-methyl/N-ethyl adjacent to an activating group) is 1. The van der Waals surface area contributed by atoms with Crippen LogP contribution in [0.25, 0.3) is 0 Å².